The van der Waals surface area contributed by atoms with Crippen LogP contribution in [0.4, 0.5) is 11.8 Å². The summed E-state index contributed by atoms with van der Waals surface area (Å²) in [4.78, 5) is 13.9. The van der Waals surface area contributed by atoms with Crippen molar-refractivity contribution >= 4 is 22.7 Å². The van der Waals surface area contributed by atoms with E-state index in [2.05, 4.69) is 40.5 Å². The van der Waals surface area contributed by atoms with Gasteiger partial charge in [-0.15, -0.1) is 0 Å². The van der Waals surface area contributed by atoms with Gasteiger partial charge in [0.05, 0.1) is 19.7 Å². The van der Waals surface area contributed by atoms with Crippen molar-refractivity contribution in [1.82, 2.24) is 14.9 Å². The maximum Gasteiger partial charge on any atom is 0.227 e. The first-order chi connectivity index (χ1) is 15.1. The van der Waals surface area contributed by atoms with Gasteiger partial charge in [-0.1, -0.05) is 30.3 Å². The van der Waals surface area contributed by atoms with Crippen LogP contribution in [0.5, 0.6) is 11.5 Å². The van der Waals surface area contributed by atoms with Crippen molar-refractivity contribution in [3.8, 4) is 11.5 Å². The molecule has 1 aliphatic heterocycles. The van der Waals surface area contributed by atoms with E-state index in [0.717, 1.165) is 49.2 Å². The molecule has 0 atom stereocenters. The highest BCUT2D eigenvalue weighted by Gasteiger charge is 2.22. The van der Waals surface area contributed by atoms with Crippen molar-refractivity contribution in [2.24, 2.45) is 0 Å². The van der Waals surface area contributed by atoms with Crippen LogP contribution in [0, 0.1) is 0 Å². The molecule has 164 valence electrons. The lowest BCUT2D eigenvalue weighted by molar-refractivity contribution is 0.211. The highest BCUT2D eigenvalue weighted by Crippen LogP contribution is 2.35. The van der Waals surface area contributed by atoms with Gasteiger partial charge in [0.15, 0.2) is 11.5 Å². The third-order valence-electron chi connectivity index (χ3n) is 5.77. The number of rotatable bonds is 7. The van der Waals surface area contributed by atoms with Gasteiger partial charge < -0.3 is 19.7 Å². The van der Waals surface area contributed by atoms with Crippen molar-refractivity contribution in [3.05, 3.63) is 48.0 Å². The molecule has 1 saturated heterocycles. The lowest BCUT2D eigenvalue weighted by Gasteiger charge is -2.33. The number of likely N-dealkylation sites (tertiary alicyclic amines) is 1. The van der Waals surface area contributed by atoms with E-state index >= 15 is 0 Å². The standard InChI is InChI=1S/C24H31N5O2/c1-28(2)24-26-20-15-22(31-4)21(30-3)14-19(20)23(27-24)25-18-10-12-29(13-11-18)16-17-8-6-5-7-9-17/h5-9,14-15,18H,10-13,16H2,1-4H3,(H,25,26,27). The van der Waals surface area contributed by atoms with Gasteiger partial charge >= 0.3 is 0 Å². The minimum Gasteiger partial charge on any atom is -0.493 e. The van der Waals surface area contributed by atoms with Crippen LogP contribution in [-0.4, -0.2) is 62.3 Å². The Labute approximate surface area is 184 Å². The van der Waals surface area contributed by atoms with Gasteiger partial charge in [0.1, 0.15) is 5.82 Å². The monoisotopic (exact) mass is 421 g/mol. The molecule has 1 aromatic heterocycles. The van der Waals surface area contributed by atoms with Crippen LogP contribution < -0.4 is 19.7 Å². The van der Waals surface area contributed by atoms with Crippen LogP contribution in [0.25, 0.3) is 10.9 Å². The molecule has 31 heavy (non-hydrogen) atoms. The normalized spacial score (nSPS) is 15.1. The molecule has 0 bridgehead atoms. The molecule has 0 unspecified atom stereocenters. The van der Waals surface area contributed by atoms with Crippen molar-refractivity contribution in [3.63, 3.8) is 0 Å². The van der Waals surface area contributed by atoms with E-state index in [1.807, 2.05) is 31.1 Å². The van der Waals surface area contributed by atoms with Crippen LogP contribution in [0.3, 0.4) is 0 Å². The van der Waals surface area contributed by atoms with Gasteiger partial charge in [0.2, 0.25) is 5.95 Å². The molecule has 0 aliphatic carbocycles. The number of nitrogens with zero attached hydrogens (tertiary/aromatic N) is 4. The molecule has 0 amide bonds. The number of methoxy groups -OCH3 is 2. The average molecular weight is 422 g/mol. The largest absolute Gasteiger partial charge is 0.493 e. The summed E-state index contributed by atoms with van der Waals surface area (Å²) >= 11 is 0. The summed E-state index contributed by atoms with van der Waals surface area (Å²) in [5.41, 5.74) is 2.20. The highest BCUT2D eigenvalue weighted by molar-refractivity contribution is 5.92. The number of fused-ring (bicyclic) bond motifs is 1. The first-order valence-corrected chi connectivity index (χ1v) is 10.7. The fraction of sp³-hybridized carbons (Fsp3) is 0.417. The van der Waals surface area contributed by atoms with E-state index < -0.39 is 0 Å². The number of ether oxygens (including phenoxy) is 2. The van der Waals surface area contributed by atoms with Gasteiger partial charge in [0, 0.05) is 51.2 Å². The van der Waals surface area contributed by atoms with E-state index in [1.54, 1.807) is 14.2 Å². The van der Waals surface area contributed by atoms with Crippen LogP contribution in [0.1, 0.15) is 18.4 Å². The summed E-state index contributed by atoms with van der Waals surface area (Å²) in [6.45, 7) is 3.13. The second kappa shape index (κ2) is 9.39. The molecular formula is C24H31N5O2. The lowest BCUT2D eigenvalue weighted by atomic mass is 10.0. The Kier molecular flexibility index (Phi) is 6.42. The van der Waals surface area contributed by atoms with Crippen LogP contribution in [0.2, 0.25) is 0 Å². The number of piperidine rings is 1. The van der Waals surface area contributed by atoms with Gasteiger partial charge in [-0.2, -0.15) is 4.98 Å². The Morgan fingerprint density at radius 2 is 1.68 bits per heavy atom. The van der Waals surface area contributed by atoms with Crippen LogP contribution >= 0.6 is 0 Å². The topological polar surface area (TPSA) is 62.8 Å². The smallest absolute Gasteiger partial charge is 0.227 e. The summed E-state index contributed by atoms with van der Waals surface area (Å²) in [6, 6.07) is 14.9. The van der Waals surface area contributed by atoms with Gasteiger partial charge in [-0.25, -0.2) is 4.98 Å². The molecule has 7 heteroatoms. The molecule has 0 spiro atoms. The molecule has 2 aromatic carbocycles. The van der Waals surface area contributed by atoms with Gasteiger partial charge in [-0.3, -0.25) is 4.90 Å². The highest BCUT2D eigenvalue weighted by atomic mass is 16.5. The molecular weight excluding hydrogens is 390 g/mol. The van der Waals surface area contributed by atoms with Crippen molar-refractivity contribution < 1.29 is 9.47 Å². The maximum absolute atomic E-state index is 5.51. The van der Waals surface area contributed by atoms with Crippen LogP contribution in [0.15, 0.2) is 42.5 Å². The van der Waals surface area contributed by atoms with Crippen LogP contribution in [-0.2, 0) is 6.54 Å². The van der Waals surface area contributed by atoms with Crippen molar-refractivity contribution in [2.45, 2.75) is 25.4 Å². The second-order valence-electron chi connectivity index (χ2n) is 8.17. The predicted octanol–water partition coefficient (Wildman–Crippen LogP) is 3.79. The molecule has 0 saturated carbocycles. The number of anilines is 2. The van der Waals surface area contributed by atoms with E-state index in [1.165, 1.54) is 5.56 Å². The number of hydrogen-bond donors (Lipinski definition) is 1. The summed E-state index contributed by atoms with van der Waals surface area (Å²) in [5.74, 6) is 2.86. The number of benzene rings is 2. The van der Waals surface area contributed by atoms with Crippen molar-refractivity contribution in [1.29, 1.82) is 0 Å². The number of hydrogen-bond acceptors (Lipinski definition) is 7. The maximum atomic E-state index is 5.51. The molecule has 0 radical (unpaired) electrons. The number of nitrogens with one attached hydrogen (secondary N) is 1. The molecule has 1 fully saturated rings. The Bertz CT molecular complexity index is 1020. The first kappa shape index (κ1) is 21.2. The first-order valence-electron chi connectivity index (χ1n) is 10.7. The quantitative estimate of drug-likeness (QED) is 0.623. The SMILES string of the molecule is COc1cc2nc(N(C)C)nc(NC3CCN(Cc4ccccc4)CC3)c2cc1OC. The Morgan fingerprint density at radius 1 is 1.00 bits per heavy atom. The summed E-state index contributed by atoms with van der Waals surface area (Å²) < 4.78 is 11.0. The van der Waals surface area contributed by atoms with E-state index in [9.17, 15) is 0 Å². The molecule has 1 N–H and O–H groups in total. The Balaban J connectivity index is 1.53. The average Bonchev–Trinajstić information content (AvgIpc) is 2.80. The zero-order valence-corrected chi connectivity index (χ0v) is 18.8. The minimum atomic E-state index is 0.369. The Morgan fingerprint density at radius 3 is 2.32 bits per heavy atom. The zero-order chi connectivity index (χ0) is 21.8. The molecule has 4 rings (SSSR count). The van der Waals surface area contributed by atoms with Gasteiger partial charge in [-0.05, 0) is 24.5 Å². The van der Waals surface area contributed by atoms with E-state index in [4.69, 9.17) is 19.4 Å². The lowest BCUT2D eigenvalue weighted by Crippen LogP contribution is -2.38. The molecule has 3 aromatic rings. The molecule has 7 nitrogen and oxygen atoms in total. The van der Waals surface area contributed by atoms with E-state index in [0.29, 0.717) is 23.5 Å². The van der Waals surface area contributed by atoms with Gasteiger partial charge in [0.25, 0.3) is 0 Å². The summed E-state index contributed by atoms with van der Waals surface area (Å²) in [5, 5.41) is 4.63. The third-order valence-corrected chi connectivity index (χ3v) is 5.77. The predicted molar refractivity (Wildman–Crippen MR) is 125 cm³/mol. The van der Waals surface area contributed by atoms with Crippen molar-refractivity contribution in [2.75, 3.05) is 51.6 Å². The molecule has 2 heterocycles. The number of aromatic nitrogens is 2. The Hall–Kier alpha value is -3.06. The van der Waals surface area contributed by atoms with E-state index in [-0.39, 0.29) is 0 Å². The third kappa shape index (κ3) is 4.82. The zero-order valence-electron chi connectivity index (χ0n) is 18.8. The second-order valence-corrected chi connectivity index (χ2v) is 8.17. The summed E-state index contributed by atoms with van der Waals surface area (Å²) in [7, 11) is 7.19. The summed E-state index contributed by atoms with van der Waals surface area (Å²) in [6.07, 6.45) is 2.14. The molecule has 1 aliphatic rings. The minimum absolute atomic E-state index is 0.369. The fourth-order valence-corrected chi connectivity index (χ4v) is 4.02. The fourth-order valence-electron chi connectivity index (χ4n) is 4.02.